The van der Waals surface area contributed by atoms with E-state index in [9.17, 15) is 5.11 Å². The lowest BCUT2D eigenvalue weighted by Crippen LogP contribution is -2.54. The van der Waals surface area contributed by atoms with E-state index in [-0.39, 0.29) is 12.1 Å². The first-order chi connectivity index (χ1) is 8.14. The summed E-state index contributed by atoms with van der Waals surface area (Å²) in [5.41, 5.74) is 5.93. The van der Waals surface area contributed by atoms with E-state index in [0.29, 0.717) is 6.04 Å². The van der Waals surface area contributed by atoms with Gasteiger partial charge in [-0.1, -0.05) is 19.3 Å². The summed E-state index contributed by atoms with van der Waals surface area (Å²) in [5.74, 6) is 0. The zero-order chi connectivity index (χ0) is 12.3. The van der Waals surface area contributed by atoms with Crippen LogP contribution in [0.15, 0.2) is 0 Å². The molecule has 0 bridgehead atoms. The van der Waals surface area contributed by atoms with Crippen LogP contribution >= 0.6 is 0 Å². The van der Waals surface area contributed by atoms with Gasteiger partial charge >= 0.3 is 0 Å². The van der Waals surface area contributed by atoms with Gasteiger partial charge in [0.25, 0.3) is 0 Å². The van der Waals surface area contributed by atoms with Gasteiger partial charge in [0.15, 0.2) is 0 Å². The van der Waals surface area contributed by atoms with Crippen LogP contribution in [0.5, 0.6) is 0 Å². The summed E-state index contributed by atoms with van der Waals surface area (Å²) in [6.45, 7) is 0.141. The van der Waals surface area contributed by atoms with Crippen molar-refractivity contribution in [2.24, 2.45) is 5.73 Å². The van der Waals surface area contributed by atoms with Crippen molar-refractivity contribution < 1.29 is 5.11 Å². The maximum atomic E-state index is 9.42. The average Bonchev–Trinajstić information content (AvgIpc) is 2.39. The van der Waals surface area contributed by atoms with Crippen LogP contribution in [0.25, 0.3) is 0 Å². The van der Waals surface area contributed by atoms with Crippen molar-refractivity contribution in [1.29, 1.82) is 0 Å². The molecule has 2 aliphatic rings. The largest absolute Gasteiger partial charge is 0.394 e. The van der Waals surface area contributed by atoms with Gasteiger partial charge in [0.2, 0.25) is 0 Å². The number of nitrogens with zero attached hydrogens (tertiary/aromatic N) is 1. The molecule has 3 heteroatoms. The molecule has 0 aromatic carbocycles. The van der Waals surface area contributed by atoms with Crippen LogP contribution in [0.1, 0.15) is 57.8 Å². The lowest BCUT2D eigenvalue weighted by Gasteiger charge is -2.44. The van der Waals surface area contributed by atoms with Crippen molar-refractivity contribution in [1.82, 2.24) is 4.90 Å². The summed E-state index contributed by atoms with van der Waals surface area (Å²) in [6, 6.07) is 1.35. The van der Waals surface area contributed by atoms with Gasteiger partial charge in [-0.25, -0.2) is 0 Å². The Hall–Kier alpha value is -0.120. The van der Waals surface area contributed by atoms with Crippen molar-refractivity contribution >= 4 is 0 Å². The normalized spacial score (nSPS) is 36.4. The van der Waals surface area contributed by atoms with E-state index in [0.717, 1.165) is 18.9 Å². The number of hydrogen-bond acceptors (Lipinski definition) is 3. The monoisotopic (exact) mass is 240 g/mol. The smallest absolute Gasteiger partial charge is 0.0611 e. The van der Waals surface area contributed by atoms with Gasteiger partial charge in [0.1, 0.15) is 0 Å². The van der Waals surface area contributed by atoms with Crippen LogP contribution < -0.4 is 5.73 Å². The molecule has 0 heterocycles. The van der Waals surface area contributed by atoms with E-state index in [1.54, 1.807) is 0 Å². The second-order valence-electron chi connectivity index (χ2n) is 6.23. The average molecular weight is 240 g/mol. The van der Waals surface area contributed by atoms with Gasteiger partial charge in [-0.05, 0) is 45.6 Å². The summed E-state index contributed by atoms with van der Waals surface area (Å²) < 4.78 is 0. The van der Waals surface area contributed by atoms with E-state index >= 15 is 0 Å². The summed E-state index contributed by atoms with van der Waals surface area (Å²) >= 11 is 0. The molecule has 2 saturated carbocycles. The van der Waals surface area contributed by atoms with Crippen LogP contribution in [0.2, 0.25) is 0 Å². The lowest BCUT2D eigenvalue weighted by atomic mass is 9.79. The zero-order valence-corrected chi connectivity index (χ0v) is 11.2. The Morgan fingerprint density at radius 3 is 2.41 bits per heavy atom. The maximum absolute atomic E-state index is 9.42. The first-order valence-corrected chi connectivity index (χ1v) is 7.26. The third-order valence-corrected chi connectivity index (χ3v) is 4.90. The van der Waals surface area contributed by atoms with Gasteiger partial charge in [-0.3, -0.25) is 0 Å². The molecule has 3 nitrogen and oxygen atoms in total. The fourth-order valence-corrected chi connectivity index (χ4v) is 3.64. The molecule has 0 aromatic rings. The van der Waals surface area contributed by atoms with Crippen molar-refractivity contribution in [3.63, 3.8) is 0 Å². The van der Waals surface area contributed by atoms with Crippen molar-refractivity contribution in [3.8, 4) is 0 Å². The first-order valence-electron chi connectivity index (χ1n) is 7.26. The lowest BCUT2D eigenvalue weighted by molar-refractivity contribution is 0.0609. The minimum atomic E-state index is -0.314. The Bertz CT molecular complexity index is 240. The fourth-order valence-electron chi connectivity index (χ4n) is 3.64. The number of nitrogens with two attached hydrogens (primary N) is 1. The summed E-state index contributed by atoms with van der Waals surface area (Å²) in [7, 11) is 2.27. The third kappa shape index (κ3) is 3.21. The predicted molar refractivity (Wildman–Crippen MR) is 70.9 cm³/mol. The van der Waals surface area contributed by atoms with Crippen molar-refractivity contribution in [3.05, 3.63) is 0 Å². The fraction of sp³-hybridized carbons (Fsp3) is 1.00. The molecule has 0 amide bonds. The molecule has 100 valence electrons. The van der Waals surface area contributed by atoms with Crippen molar-refractivity contribution in [2.75, 3.05) is 13.7 Å². The Morgan fingerprint density at radius 2 is 1.76 bits per heavy atom. The van der Waals surface area contributed by atoms with E-state index < -0.39 is 0 Å². The number of aliphatic hydroxyl groups excluding tert-OH is 1. The highest BCUT2D eigenvalue weighted by Crippen LogP contribution is 2.32. The van der Waals surface area contributed by atoms with E-state index in [1.807, 2.05) is 0 Å². The molecular formula is C14H28N2O. The molecule has 2 fully saturated rings. The van der Waals surface area contributed by atoms with Gasteiger partial charge in [0, 0.05) is 17.6 Å². The molecule has 0 saturated heterocycles. The van der Waals surface area contributed by atoms with Crippen LogP contribution in [0, 0.1) is 0 Å². The summed E-state index contributed by atoms with van der Waals surface area (Å²) in [6.07, 6.45) is 11.3. The van der Waals surface area contributed by atoms with Gasteiger partial charge in [-0.15, -0.1) is 0 Å². The van der Waals surface area contributed by atoms with E-state index in [2.05, 4.69) is 11.9 Å². The van der Waals surface area contributed by atoms with Crippen molar-refractivity contribution in [2.45, 2.75) is 75.4 Å². The Labute approximate surface area is 105 Å². The predicted octanol–water partition coefficient (Wildman–Crippen LogP) is 1.88. The quantitative estimate of drug-likeness (QED) is 0.792. The number of rotatable bonds is 3. The Balaban J connectivity index is 1.91. The molecule has 2 aliphatic carbocycles. The van der Waals surface area contributed by atoms with Gasteiger partial charge < -0.3 is 15.7 Å². The Kier molecular flexibility index (Phi) is 4.45. The molecule has 2 rings (SSSR count). The SMILES string of the molecule is CN(C1CCCCC1)C1CCCC(N)(CO)C1. The minimum absolute atomic E-state index is 0.141. The molecule has 2 unspecified atom stereocenters. The highest BCUT2D eigenvalue weighted by Gasteiger charge is 2.35. The molecular weight excluding hydrogens is 212 g/mol. The van der Waals surface area contributed by atoms with Crippen LogP contribution in [0.3, 0.4) is 0 Å². The maximum Gasteiger partial charge on any atom is 0.0611 e. The molecule has 0 spiro atoms. The Morgan fingerprint density at radius 1 is 1.12 bits per heavy atom. The molecule has 2 atom stereocenters. The topological polar surface area (TPSA) is 49.5 Å². The van der Waals surface area contributed by atoms with E-state index in [1.165, 1.54) is 44.9 Å². The molecule has 0 aromatic heterocycles. The van der Waals surface area contributed by atoms with Crippen LogP contribution in [0.4, 0.5) is 0 Å². The third-order valence-electron chi connectivity index (χ3n) is 4.90. The molecule has 3 N–H and O–H groups in total. The second-order valence-corrected chi connectivity index (χ2v) is 6.23. The van der Waals surface area contributed by atoms with Crippen LogP contribution in [-0.2, 0) is 0 Å². The second kappa shape index (κ2) is 5.68. The first kappa shape index (κ1) is 13.3. The van der Waals surface area contributed by atoms with Gasteiger partial charge in [0.05, 0.1) is 6.61 Å². The van der Waals surface area contributed by atoms with Gasteiger partial charge in [-0.2, -0.15) is 0 Å². The molecule has 17 heavy (non-hydrogen) atoms. The summed E-state index contributed by atoms with van der Waals surface area (Å²) in [4.78, 5) is 2.57. The number of aliphatic hydroxyl groups is 1. The highest BCUT2D eigenvalue weighted by atomic mass is 16.3. The standard InChI is InChI=1S/C14H28N2O/c1-16(12-6-3-2-4-7-12)13-8-5-9-14(15,10-13)11-17/h12-13,17H,2-11,15H2,1H3. The van der Waals surface area contributed by atoms with E-state index in [4.69, 9.17) is 5.73 Å². The number of hydrogen-bond donors (Lipinski definition) is 2. The molecule has 0 aliphatic heterocycles. The zero-order valence-electron chi connectivity index (χ0n) is 11.2. The highest BCUT2D eigenvalue weighted by molar-refractivity contribution is 4.94. The minimum Gasteiger partial charge on any atom is -0.394 e. The summed E-state index contributed by atoms with van der Waals surface area (Å²) in [5, 5.41) is 9.42. The molecule has 0 radical (unpaired) electrons. The van der Waals surface area contributed by atoms with Crippen LogP contribution in [-0.4, -0.2) is 41.3 Å².